The number of anilines is 1. The first-order valence-electron chi connectivity index (χ1n) is 3.84. The number of ether oxygens (including phenoxy) is 1. The highest BCUT2D eigenvalue weighted by Gasteiger charge is 1.96. The van der Waals surface area contributed by atoms with Gasteiger partial charge < -0.3 is 15.6 Å². The summed E-state index contributed by atoms with van der Waals surface area (Å²) in [6.45, 7) is 2.27. The quantitative estimate of drug-likeness (QED) is 0.659. The summed E-state index contributed by atoms with van der Waals surface area (Å²) in [4.78, 5) is 0. The molecule has 12 heavy (non-hydrogen) atoms. The Morgan fingerprint density at radius 1 is 1.50 bits per heavy atom. The molecule has 3 nitrogen and oxygen atoms in total. The zero-order chi connectivity index (χ0) is 8.97. The summed E-state index contributed by atoms with van der Waals surface area (Å²) in [7, 11) is 0. The number of hydrogen-bond donors (Lipinski definition) is 2. The van der Waals surface area contributed by atoms with Crippen molar-refractivity contribution < 1.29 is 9.84 Å². The van der Waals surface area contributed by atoms with E-state index in [0.717, 1.165) is 17.0 Å². The van der Waals surface area contributed by atoms with Gasteiger partial charge in [-0.15, -0.1) is 0 Å². The summed E-state index contributed by atoms with van der Waals surface area (Å²) < 4.78 is 5.19. The van der Waals surface area contributed by atoms with Crippen molar-refractivity contribution >= 4 is 5.69 Å². The highest BCUT2D eigenvalue weighted by molar-refractivity contribution is 5.49. The fourth-order valence-electron chi connectivity index (χ4n) is 0.901. The van der Waals surface area contributed by atoms with Crippen LogP contribution in [0.5, 0.6) is 5.75 Å². The van der Waals surface area contributed by atoms with E-state index >= 15 is 0 Å². The average Bonchev–Trinajstić information content (AvgIpc) is 2.07. The van der Waals surface area contributed by atoms with E-state index in [4.69, 9.17) is 15.6 Å². The minimum atomic E-state index is 0.0312. The number of nitrogen functional groups attached to an aromatic ring is 1. The summed E-state index contributed by atoms with van der Waals surface area (Å²) >= 11 is 0. The van der Waals surface area contributed by atoms with Crippen molar-refractivity contribution in [3.8, 4) is 5.75 Å². The lowest BCUT2D eigenvalue weighted by molar-refractivity contribution is 0.201. The summed E-state index contributed by atoms with van der Waals surface area (Å²) in [5.74, 6) is 0.746. The molecule has 66 valence electrons. The molecule has 0 aliphatic heterocycles. The maximum atomic E-state index is 8.50. The van der Waals surface area contributed by atoms with Crippen LogP contribution in [-0.4, -0.2) is 18.3 Å². The zero-order valence-electron chi connectivity index (χ0n) is 7.08. The number of aryl methyl sites for hydroxylation is 1. The van der Waals surface area contributed by atoms with Crippen molar-refractivity contribution in [3.05, 3.63) is 23.8 Å². The maximum Gasteiger partial charge on any atom is 0.119 e. The Hall–Kier alpha value is -1.22. The van der Waals surface area contributed by atoms with Crippen LogP contribution < -0.4 is 10.5 Å². The molecule has 0 aliphatic carbocycles. The predicted molar refractivity (Wildman–Crippen MR) is 48.2 cm³/mol. The second-order valence-corrected chi connectivity index (χ2v) is 2.59. The van der Waals surface area contributed by atoms with Crippen molar-refractivity contribution in [2.75, 3.05) is 18.9 Å². The van der Waals surface area contributed by atoms with Crippen LogP contribution in [0.15, 0.2) is 18.2 Å². The van der Waals surface area contributed by atoms with Gasteiger partial charge in [0.15, 0.2) is 0 Å². The van der Waals surface area contributed by atoms with E-state index in [0.29, 0.717) is 6.61 Å². The van der Waals surface area contributed by atoms with E-state index in [1.807, 2.05) is 13.0 Å². The number of rotatable bonds is 3. The number of nitrogens with two attached hydrogens (primary N) is 1. The molecule has 0 atom stereocenters. The summed E-state index contributed by atoms with van der Waals surface area (Å²) in [6.07, 6.45) is 0. The van der Waals surface area contributed by atoms with Gasteiger partial charge in [-0.1, -0.05) is 0 Å². The van der Waals surface area contributed by atoms with Gasteiger partial charge in [-0.3, -0.25) is 0 Å². The van der Waals surface area contributed by atoms with E-state index in [2.05, 4.69) is 0 Å². The zero-order valence-corrected chi connectivity index (χ0v) is 7.08. The van der Waals surface area contributed by atoms with E-state index < -0.39 is 0 Å². The molecule has 0 unspecified atom stereocenters. The third-order valence-corrected chi connectivity index (χ3v) is 1.60. The second kappa shape index (κ2) is 3.97. The Morgan fingerprint density at radius 3 is 2.83 bits per heavy atom. The number of aliphatic hydroxyl groups is 1. The van der Waals surface area contributed by atoms with Gasteiger partial charge in [0.2, 0.25) is 0 Å². The molecule has 0 saturated heterocycles. The van der Waals surface area contributed by atoms with Gasteiger partial charge in [0.1, 0.15) is 12.4 Å². The number of aliphatic hydroxyl groups excluding tert-OH is 1. The Labute approximate surface area is 71.8 Å². The Morgan fingerprint density at radius 2 is 2.25 bits per heavy atom. The first kappa shape index (κ1) is 8.87. The summed E-state index contributed by atoms with van der Waals surface area (Å²) in [5.41, 5.74) is 7.36. The average molecular weight is 167 g/mol. The van der Waals surface area contributed by atoms with Crippen LogP contribution in [0.3, 0.4) is 0 Å². The van der Waals surface area contributed by atoms with Gasteiger partial charge in [0.05, 0.1) is 6.61 Å². The molecule has 1 aromatic rings. The molecule has 1 rings (SSSR count). The molecule has 0 radical (unpaired) electrons. The van der Waals surface area contributed by atoms with Crippen LogP contribution in [0.1, 0.15) is 5.56 Å². The van der Waals surface area contributed by atoms with Gasteiger partial charge in [-0.05, 0) is 30.7 Å². The van der Waals surface area contributed by atoms with Gasteiger partial charge in [-0.2, -0.15) is 0 Å². The van der Waals surface area contributed by atoms with Crippen LogP contribution in [0, 0.1) is 6.92 Å². The Balaban J connectivity index is 2.69. The Bertz CT molecular complexity index is 261. The highest BCUT2D eigenvalue weighted by atomic mass is 16.5. The molecular weight excluding hydrogens is 154 g/mol. The lowest BCUT2D eigenvalue weighted by Crippen LogP contribution is -2.02. The molecule has 0 saturated carbocycles. The Kier molecular flexibility index (Phi) is 2.94. The lowest BCUT2D eigenvalue weighted by Gasteiger charge is -2.05. The van der Waals surface area contributed by atoms with Crippen molar-refractivity contribution in [2.24, 2.45) is 0 Å². The lowest BCUT2D eigenvalue weighted by atomic mass is 10.2. The number of benzene rings is 1. The van der Waals surface area contributed by atoms with Crippen LogP contribution in [0.4, 0.5) is 5.69 Å². The monoisotopic (exact) mass is 167 g/mol. The highest BCUT2D eigenvalue weighted by Crippen LogP contribution is 2.18. The first-order chi connectivity index (χ1) is 5.74. The number of hydrogen-bond acceptors (Lipinski definition) is 3. The largest absolute Gasteiger partial charge is 0.491 e. The molecule has 0 aliphatic rings. The molecular formula is C9H13NO2. The molecule has 0 fully saturated rings. The molecule has 0 heterocycles. The summed E-state index contributed by atoms with van der Waals surface area (Å²) in [6, 6.07) is 5.44. The van der Waals surface area contributed by atoms with Crippen molar-refractivity contribution in [1.29, 1.82) is 0 Å². The van der Waals surface area contributed by atoms with Gasteiger partial charge in [0.25, 0.3) is 0 Å². The van der Waals surface area contributed by atoms with Crippen molar-refractivity contribution in [2.45, 2.75) is 6.92 Å². The van der Waals surface area contributed by atoms with Gasteiger partial charge >= 0.3 is 0 Å². The maximum absolute atomic E-state index is 8.50. The minimum absolute atomic E-state index is 0.0312. The van der Waals surface area contributed by atoms with Crippen molar-refractivity contribution in [1.82, 2.24) is 0 Å². The predicted octanol–water partition coefficient (Wildman–Crippen LogP) is 0.948. The van der Waals surface area contributed by atoms with E-state index in [-0.39, 0.29) is 6.61 Å². The first-order valence-corrected chi connectivity index (χ1v) is 3.84. The SMILES string of the molecule is Cc1cc(OCCO)ccc1N. The van der Waals surface area contributed by atoms with E-state index in [9.17, 15) is 0 Å². The van der Waals surface area contributed by atoms with E-state index in [1.54, 1.807) is 12.1 Å². The fourth-order valence-corrected chi connectivity index (χ4v) is 0.901. The van der Waals surface area contributed by atoms with Crippen LogP contribution in [-0.2, 0) is 0 Å². The minimum Gasteiger partial charge on any atom is -0.491 e. The molecule has 1 aromatic carbocycles. The molecule has 3 heteroatoms. The van der Waals surface area contributed by atoms with Gasteiger partial charge in [0, 0.05) is 5.69 Å². The van der Waals surface area contributed by atoms with Crippen LogP contribution in [0.2, 0.25) is 0 Å². The van der Waals surface area contributed by atoms with Crippen molar-refractivity contribution in [3.63, 3.8) is 0 Å². The van der Waals surface area contributed by atoms with E-state index in [1.165, 1.54) is 0 Å². The third-order valence-electron chi connectivity index (χ3n) is 1.60. The third kappa shape index (κ3) is 2.13. The molecule has 0 amide bonds. The second-order valence-electron chi connectivity index (χ2n) is 2.59. The smallest absolute Gasteiger partial charge is 0.119 e. The molecule has 3 N–H and O–H groups in total. The normalized spacial score (nSPS) is 9.83. The fraction of sp³-hybridized carbons (Fsp3) is 0.333. The van der Waals surface area contributed by atoms with Gasteiger partial charge in [-0.25, -0.2) is 0 Å². The van der Waals surface area contributed by atoms with Crippen LogP contribution in [0.25, 0.3) is 0 Å². The summed E-state index contributed by atoms with van der Waals surface area (Å²) in [5, 5.41) is 8.50. The topological polar surface area (TPSA) is 55.5 Å². The standard InChI is InChI=1S/C9H13NO2/c1-7-6-8(12-5-4-11)2-3-9(7)10/h2-3,6,11H,4-5,10H2,1H3. The molecule has 0 spiro atoms. The molecule has 0 bridgehead atoms. The molecule has 0 aromatic heterocycles. The van der Waals surface area contributed by atoms with Crippen LogP contribution >= 0.6 is 0 Å².